The Hall–Kier alpha value is -10.8. The minimum Gasteiger partial charge on any atom is -0.197 e. The van der Waals surface area contributed by atoms with E-state index in [1.807, 2.05) is 0 Å². The molecule has 0 aliphatic carbocycles. The molecule has 92 heavy (non-hydrogen) atoms. The molecule has 0 atom stereocenters. The summed E-state index contributed by atoms with van der Waals surface area (Å²) >= 11 is 6.72. The van der Waals surface area contributed by atoms with E-state index in [0.29, 0.717) is 0 Å². The van der Waals surface area contributed by atoms with Crippen LogP contribution >= 0.6 is 47.0 Å². The van der Waals surface area contributed by atoms with Gasteiger partial charge < -0.3 is 0 Å². The number of aromatic nitrogens is 12. The second-order valence-electron chi connectivity index (χ2n) is 19.0. The molecule has 20 nitrogen and oxygen atoms in total. The first-order valence-corrected chi connectivity index (χ1v) is 31.4. The molecular formula is C68H60N12O8S4. The predicted molar refractivity (Wildman–Crippen MR) is 350 cm³/mol. The van der Waals surface area contributed by atoms with Crippen LogP contribution in [0.3, 0.4) is 0 Å². The molecule has 464 valence electrons. The summed E-state index contributed by atoms with van der Waals surface area (Å²) in [5, 5.41) is 45.5. The number of thioether (sulfide) groups is 4. The molecule has 0 unspecified atom stereocenters. The monoisotopic (exact) mass is 1300 g/mol. The van der Waals surface area contributed by atoms with Gasteiger partial charge in [0.05, 0.1) is 24.8 Å². The van der Waals surface area contributed by atoms with Crippen molar-refractivity contribution in [1.82, 2.24) is 61.6 Å². The summed E-state index contributed by atoms with van der Waals surface area (Å²) in [6.45, 7) is 8.42. The number of rotatable bonds is 16. The van der Waals surface area contributed by atoms with Crippen molar-refractivity contribution in [3.8, 4) is 44.5 Å². The van der Waals surface area contributed by atoms with Crippen LogP contribution < -0.4 is 0 Å². The van der Waals surface area contributed by atoms with Gasteiger partial charge in [-0.15, -0.1) is 20.4 Å². The number of nitrogens with one attached hydrogen (secondary N) is 4. The van der Waals surface area contributed by atoms with E-state index in [9.17, 15) is 0 Å². The maximum Gasteiger partial charge on any atom is 0.373 e. The van der Waals surface area contributed by atoms with Gasteiger partial charge in [0, 0.05) is 23.0 Å². The molecule has 4 aromatic heterocycles. The van der Waals surface area contributed by atoms with Gasteiger partial charge >= 0.3 is 24.6 Å². The highest BCUT2D eigenvalue weighted by Crippen LogP contribution is 2.28. The number of nitrogens with zero attached hydrogens (tertiary/aromatic N) is 8. The van der Waals surface area contributed by atoms with E-state index in [1.165, 1.54) is 89.0 Å². The van der Waals surface area contributed by atoms with Crippen molar-refractivity contribution in [1.29, 1.82) is 0 Å². The van der Waals surface area contributed by atoms with Crippen LogP contribution in [0.4, 0.5) is 0 Å². The lowest BCUT2D eigenvalue weighted by Crippen LogP contribution is -1.83. The molecule has 4 heterocycles. The highest BCUT2D eigenvalue weighted by atomic mass is 32.2. The summed E-state index contributed by atoms with van der Waals surface area (Å²) < 4.78 is 0. The lowest BCUT2D eigenvalue weighted by atomic mass is 10.0. The molecule has 12 aromatic rings. The van der Waals surface area contributed by atoms with Gasteiger partial charge in [-0.2, -0.15) is 79.6 Å². The molecule has 12 rings (SSSR count). The van der Waals surface area contributed by atoms with Gasteiger partial charge in [-0.1, -0.05) is 263 Å². The first-order chi connectivity index (χ1) is 44.9. The minimum absolute atomic E-state index is 0.250. The first kappa shape index (κ1) is 72.0. The lowest BCUT2D eigenvalue weighted by molar-refractivity contribution is -0.193. The summed E-state index contributed by atoms with van der Waals surface area (Å²) in [6, 6.07) is 69.1. The smallest absolute Gasteiger partial charge is 0.197 e. The van der Waals surface area contributed by atoms with Crippen LogP contribution in [0.15, 0.2) is 239 Å². The predicted octanol–water partition coefficient (Wildman–Crippen LogP) is 14.0. The van der Waals surface area contributed by atoms with Crippen molar-refractivity contribution in [2.24, 2.45) is 0 Å². The van der Waals surface area contributed by atoms with Crippen molar-refractivity contribution in [3.63, 3.8) is 0 Å². The standard InChI is InChI=1S/4C16H15N3S.4CO2/c4*1-12-2-6-14(7-3-12)15-8-4-13(5-9-15)11-20-16-10-17-19-18-16;4*2-1-3/h4*2-10H,11H2,1H3,(H,17,18,19);;;;. The number of H-pyrrole nitrogens is 4. The maximum absolute atomic E-state index is 8.12. The summed E-state index contributed by atoms with van der Waals surface area (Å²) in [5.74, 6) is 3.61. The Morgan fingerprint density at radius 2 is 0.391 bits per heavy atom. The van der Waals surface area contributed by atoms with Gasteiger partial charge in [0.15, 0.2) is 0 Å². The average Bonchev–Trinajstić information content (AvgIpc) is 2.69. The van der Waals surface area contributed by atoms with Crippen molar-refractivity contribution in [2.45, 2.75) is 70.8 Å². The van der Waals surface area contributed by atoms with E-state index in [1.54, 1.807) is 71.8 Å². The van der Waals surface area contributed by atoms with Crippen molar-refractivity contribution < 1.29 is 38.4 Å². The van der Waals surface area contributed by atoms with Crippen LogP contribution in [-0.2, 0) is 61.4 Å². The molecule has 0 saturated heterocycles. The van der Waals surface area contributed by atoms with Gasteiger partial charge in [-0.25, -0.2) is 0 Å². The van der Waals surface area contributed by atoms with Crippen molar-refractivity contribution in [3.05, 3.63) is 263 Å². The topological polar surface area (TPSA) is 303 Å². The zero-order valence-electron chi connectivity index (χ0n) is 50.1. The molecule has 0 spiro atoms. The van der Waals surface area contributed by atoms with E-state index >= 15 is 0 Å². The lowest BCUT2D eigenvalue weighted by Gasteiger charge is -2.04. The normalized spacial score (nSPS) is 9.61. The number of aromatic amines is 4. The Balaban J connectivity index is 0.000000210. The molecule has 0 aliphatic heterocycles. The molecule has 0 bridgehead atoms. The molecule has 0 amide bonds. The van der Waals surface area contributed by atoms with E-state index in [4.69, 9.17) is 38.4 Å². The largest absolute Gasteiger partial charge is 0.373 e. The fraction of sp³-hybridized carbons (Fsp3) is 0.118. The first-order valence-electron chi connectivity index (χ1n) is 27.5. The van der Waals surface area contributed by atoms with Crippen molar-refractivity contribution in [2.75, 3.05) is 0 Å². The summed E-state index contributed by atoms with van der Waals surface area (Å²) in [7, 11) is 0. The van der Waals surface area contributed by atoms with Crippen molar-refractivity contribution >= 4 is 71.7 Å². The molecule has 8 aromatic carbocycles. The van der Waals surface area contributed by atoms with Gasteiger partial charge in [-0.3, -0.25) is 0 Å². The van der Waals surface area contributed by atoms with Gasteiger partial charge in [0.2, 0.25) is 0 Å². The van der Waals surface area contributed by atoms with Crippen LogP contribution in [0.5, 0.6) is 0 Å². The molecule has 0 radical (unpaired) electrons. The van der Waals surface area contributed by atoms with E-state index in [2.05, 4.69) is 283 Å². The molecule has 0 aliphatic rings. The van der Waals surface area contributed by atoms with Crippen LogP contribution in [0.25, 0.3) is 44.5 Å². The molecule has 0 saturated carbocycles. The molecule has 24 heteroatoms. The van der Waals surface area contributed by atoms with Crippen LogP contribution in [0, 0.1) is 27.7 Å². The second-order valence-corrected chi connectivity index (χ2v) is 23.0. The highest BCUT2D eigenvalue weighted by Gasteiger charge is 2.06. The number of carbonyl (C=O) groups excluding carboxylic acids is 8. The molecule has 0 fully saturated rings. The third-order valence-corrected chi connectivity index (χ3v) is 16.4. The van der Waals surface area contributed by atoms with Crippen LogP contribution in [0.1, 0.15) is 44.5 Å². The van der Waals surface area contributed by atoms with Gasteiger partial charge in [-0.05, 0) is 94.5 Å². The average molecular weight is 1300 g/mol. The molecular weight excluding hydrogens is 1240 g/mol. The Bertz CT molecular complexity index is 3530. The number of benzene rings is 8. The quantitative estimate of drug-likeness (QED) is 0.0653. The fourth-order valence-electron chi connectivity index (χ4n) is 7.83. The minimum atomic E-state index is 0.250. The number of aryl methyl sites for hydroxylation is 4. The van der Waals surface area contributed by atoms with E-state index in [-0.39, 0.29) is 24.6 Å². The van der Waals surface area contributed by atoms with E-state index in [0.717, 1.165) is 43.1 Å². The zero-order chi connectivity index (χ0) is 66.0. The number of hydrogen-bond acceptors (Lipinski definition) is 20. The maximum atomic E-state index is 8.12. The summed E-state index contributed by atoms with van der Waals surface area (Å²) in [5.41, 5.74) is 20.3. The van der Waals surface area contributed by atoms with Crippen LogP contribution in [-0.4, -0.2) is 86.2 Å². The zero-order valence-corrected chi connectivity index (χ0v) is 53.4. The van der Waals surface area contributed by atoms with Gasteiger partial charge in [0.1, 0.15) is 20.1 Å². The molecule has 4 N–H and O–H groups in total. The van der Waals surface area contributed by atoms with E-state index < -0.39 is 0 Å². The Kier molecular flexibility index (Phi) is 33.0. The second kappa shape index (κ2) is 42.2. The summed E-state index contributed by atoms with van der Waals surface area (Å²) in [6.07, 6.45) is 7.97. The summed E-state index contributed by atoms with van der Waals surface area (Å²) in [4.78, 5) is 65.0. The SMILES string of the molecule is Cc1ccc(-c2ccc(CSc3cn[nH]n3)cc2)cc1.Cc1ccc(-c2ccc(CSc3cn[nH]n3)cc2)cc1.Cc1ccc(-c2ccc(CSc3cn[nH]n3)cc2)cc1.Cc1ccc(-c2ccc(CSc3cn[nH]n3)cc2)cc1.O=C=O.O=C=O.O=C=O.O=C=O. The Morgan fingerprint density at radius 3 is 0.522 bits per heavy atom. The highest BCUT2D eigenvalue weighted by molar-refractivity contribution is 7.99. The Labute approximate surface area is 547 Å². The van der Waals surface area contributed by atoms with Crippen LogP contribution in [0.2, 0.25) is 0 Å². The third-order valence-electron chi connectivity index (χ3n) is 12.5. The third kappa shape index (κ3) is 27.3. The number of hydrogen-bond donors (Lipinski definition) is 4. The fourth-order valence-corrected chi connectivity index (χ4v) is 10.8. The Morgan fingerprint density at radius 1 is 0.250 bits per heavy atom. The van der Waals surface area contributed by atoms with Gasteiger partial charge in [0.25, 0.3) is 0 Å².